The van der Waals surface area contributed by atoms with Crippen molar-refractivity contribution in [2.75, 3.05) is 24.7 Å². The van der Waals surface area contributed by atoms with Gasteiger partial charge in [0.15, 0.2) is 0 Å². The Balaban J connectivity index is 2.12. The number of rotatable bonds is 2. The Kier molecular flexibility index (Phi) is 3.30. The van der Waals surface area contributed by atoms with E-state index in [0.717, 1.165) is 23.2 Å². The van der Waals surface area contributed by atoms with E-state index in [1.807, 2.05) is 30.0 Å². The molecule has 0 atom stereocenters. The van der Waals surface area contributed by atoms with Crippen LogP contribution in [-0.2, 0) is 20.1 Å². The maximum Gasteiger partial charge on any atom is 0.292 e. The second-order valence-corrected chi connectivity index (χ2v) is 5.95. The smallest absolute Gasteiger partial charge is 0.292 e. The molecule has 0 unspecified atom stereocenters. The third-order valence-corrected chi connectivity index (χ3v) is 3.84. The van der Waals surface area contributed by atoms with Crippen LogP contribution in [0.15, 0.2) is 18.2 Å². The lowest BCUT2D eigenvalue weighted by Crippen LogP contribution is -2.47. The second-order valence-electron chi connectivity index (χ2n) is 5.95. The van der Waals surface area contributed by atoms with E-state index in [2.05, 4.69) is 13.8 Å². The highest BCUT2D eigenvalue weighted by atomic mass is 16.7. The quantitative estimate of drug-likeness (QED) is 0.832. The summed E-state index contributed by atoms with van der Waals surface area (Å²) in [6.07, 6.45) is 0.834. The third kappa shape index (κ3) is 1.86. The molecule has 4 heteroatoms. The molecular weight excluding hydrogens is 254 g/mol. The van der Waals surface area contributed by atoms with Crippen LogP contribution in [0.4, 0.5) is 5.69 Å². The topological polar surface area (TPSA) is 38.8 Å². The molecule has 0 saturated carbocycles. The predicted molar refractivity (Wildman–Crippen MR) is 76.6 cm³/mol. The number of carbonyl (C=O) groups is 1. The molecule has 4 nitrogen and oxygen atoms in total. The first-order valence-corrected chi connectivity index (χ1v) is 7.26. The molecule has 3 rings (SSSR count). The number of anilines is 1. The zero-order valence-corrected chi connectivity index (χ0v) is 12.3. The van der Waals surface area contributed by atoms with Crippen LogP contribution < -0.4 is 4.90 Å². The monoisotopic (exact) mass is 275 g/mol. The summed E-state index contributed by atoms with van der Waals surface area (Å²) in [7, 11) is 0. The average molecular weight is 275 g/mol. The molecule has 1 saturated heterocycles. The summed E-state index contributed by atoms with van der Waals surface area (Å²) in [5, 5.41) is 0. The van der Waals surface area contributed by atoms with Crippen molar-refractivity contribution < 1.29 is 14.3 Å². The van der Waals surface area contributed by atoms with Crippen LogP contribution in [-0.4, -0.2) is 25.7 Å². The summed E-state index contributed by atoms with van der Waals surface area (Å²) in [5.41, 5.74) is 2.92. The van der Waals surface area contributed by atoms with Gasteiger partial charge in [-0.1, -0.05) is 32.0 Å². The largest absolute Gasteiger partial charge is 0.338 e. The Morgan fingerprint density at radius 2 is 2.00 bits per heavy atom. The van der Waals surface area contributed by atoms with E-state index in [1.165, 1.54) is 0 Å². The van der Waals surface area contributed by atoms with E-state index in [-0.39, 0.29) is 5.91 Å². The Morgan fingerprint density at radius 1 is 1.30 bits per heavy atom. The molecule has 2 aliphatic rings. The van der Waals surface area contributed by atoms with E-state index < -0.39 is 5.79 Å². The second kappa shape index (κ2) is 4.86. The van der Waals surface area contributed by atoms with Gasteiger partial charge in [-0.05, 0) is 24.8 Å². The van der Waals surface area contributed by atoms with Crippen LogP contribution in [0.25, 0.3) is 0 Å². The maximum absolute atomic E-state index is 12.9. The van der Waals surface area contributed by atoms with Crippen molar-refractivity contribution in [3.63, 3.8) is 0 Å². The molecule has 0 bridgehead atoms. The minimum absolute atomic E-state index is 0.0739. The van der Waals surface area contributed by atoms with Gasteiger partial charge in [-0.3, -0.25) is 4.79 Å². The third-order valence-electron chi connectivity index (χ3n) is 3.84. The zero-order valence-electron chi connectivity index (χ0n) is 12.3. The van der Waals surface area contributed by atoms with Gasteiger partial charge in [0.05, 0.1) is 18.9 Å². The average Bonchev–Trinajstić information content (AvgIpc) is 2.64. The van der Waals surface area contributed by atoms with Crippen molar-refractivity contribution in [1.82, 2.24) is 0 Å². The number of hydrogen-bond donors (Lipinski definition) is 0. The van der Waals surface area contributed by atoms with Crippen molar-refractivity contribution in [2.45, 2.75) is 33.0 Å². The molecule has 0 aromatic heterocycles. The van der Waals surface area contributed by atoms with Crippen molar-refractivity contribution in [2.24, 2.45) is 5.92 Å². The molecule has 0 N–H and O–H groups in total. The lowest BCUT2D eigenvalue weighted by atomic mass is 10.0. The van der Waals surface area contributed by atoms with Gasteiger partial charge < -0.3 is 14.4 Å². The lowest BCUT2D eigenvalue weighted by molar-refractivity contribution is -0.256. The molecule has 1 aromatic carbocycles. The minimum atomic E-state index is -1.20. The van der Waals surface area contributed by atoms with E-state index in [1.54, 1.807) is 0 Å². The molecular formula is C16H21NO3. The standard InChI is InChI=1S/C16H21NO3/c1-11(2)10-17-14-12(3)6-4-7-13(14)16(15(17)18)19-8-5-9-20-16/h4,6-7,11H,5,8-10H2,1-3H3. The summed E-state index contributed by atoms with van der Waals surface area (Å²) in [4.78, 5) is 14.7. The van der Waals surface area contributed by atoms with Gasteiger partial charge in [-0.2, -0.15) is 0 Å². The van der Waals surface area contributed by atoms with Gasteiger partial charge in [0, 0.05) is 12.1 Å². The number of benzene rings is 1. The number of nitrogens with zero attached hydrogens (tertiary/aromatic N) is 1. The molecule has 1 amide bonds. The van der Waals surface area contributed by atoms with Crippen molar-refractivity contribution >= 4 is 11.6 Å². The van der Waals surface area contributed by atoms with Crippen molar-refractivity contribution in [3.8, 4) is 0 Å². The van der Waals surface area contributed by atoms with Gasteiger partial charge in [0.1, 0.15) is 0 Å². The SMILES string of the molecule is Cc1cccc2c1N(CC(C)C)C(=O)C21OCCCO1. The number of aryl methyl sites for hydroxylation is 1. The summed E-state index contributed by atoms with van der Waals surface area (Å²) in [6.45, 7) is 8.06. The first-order chi connectivity index (χ1) is 9.56. The molecule has 1 spiro atoms. The highest BCUT2D eigenvalue weighted by Gasteiger charge is 2.55. The minimum Gasteiger partial charge on any atom is -0.338 e. The highest BCUT2D eigenvalue weighted by Crippen LogP contribution is 2.46. The van der Waals surface area contributed by atoms with Crippen LogP contribution >= 0.6 is 0 Å². The van der Waals surface area contributed by atoms with Gasteiger partial charge in [0.25, 0.3) is 11.7 Å². The molecule has 2 aliphatic heterocycles. The summed E-state index contributed by atoms with van der Waals surface area (Å²) in [5.74, 6) is -0.880. The van der Waals surface area contributed by atoms with Crippen LogP contribution in [0.2, 0.25) is 0 Å². The lowest BCUT2D eigenvalue weighted by Gasteiger charge is -2.32. The van der Waals surface area contributed by atoms with Gasteiger partial charge >= 0.3 is 0 Å². The number of ether oxygens (including phenoxy) is 2. The number of fused-ring (bicyclic) bond motifs is 2. The Morgan fingerprint density at radius 3 is 2.65 bits per heavy atom. The first kappa shape index (κ1) is 13.6. The molecule has 0 radical (unpaired) electrons. The van der Waals surface area contributed by atoms with Crippen LogP contribution in [0.1, 0.15) is 31.4 Å². The summed E-state index contributed by atoms with van der Waals surface area (Å²) in [6, 6.07) is 5.94. The van der Waals surface area contributed by atoms with Gasteiger partial charge in [-0.25, -0.2) is 0 Å². The number of hydrogen-bond acceptors (Lipinski definition) is 3. The Bertz CT molecular complexity index is 533. The van der Waals surface area contributed by atoms with Crippen molar-refractivity contribution in [1.29, 1.82) is 0 Å². The summed E-state index contributed by atoms with van der Waals surface area (Å²) < 4.78 is 11.6. The van der Waals surface area contributed by atoms with E-state index in [0.29, 0.717) is 25.7 Å². The molecule has 20 heavy (non-hydrogen) atoms. The first-order valence-electron chi connectivity index (χ1n) is 7.26. The van der Waals surface area contributed by atoms with E-state index in [9.17, 15) is 4.79 Å². The number of amides is 1. The van der Waals surface area contributed by atoms with E-state index >= 15 is 0 Å². The fraction of sp³-hybridized carbons (Fsp3) is 0.562. The Labute approximate surface area is 119 Å². The number of carbonyl (C=O) groups excluding carboxylic acids is 1. The van der Waals surface area contributed by atoms with Gasteiger partial charge in [-0.15, -0.1) is 0 Å². The normalized spacial score (nSPS) is 20.8. The predicted octanol–water partition coefficient (Wildman–Crippen LogP) is 2.59. The fourth-order valence-corrected chi connectivity index (χ4v) is 3.03. The summed E-state index contributed by atoms with van der Waals surface area (Å²) >= 11 is 0. The van der Waals surface area contributed by atoms with Crippen LogP contribution in [0.3, 0.4) is 0 Å². The van der Waals surface area contributed by atoms with Crippen LogP contribution in [0, 0.1) is 12.8 Å². The van der Waals surface area contributed by atoms with Crippen LogP contribution in [0.5, 0.6) is 0 Å². The van der Waals surface area contributed by atoms with E-state index in [4.69, 9.17) is 9.47 Å². The fourth-order valence-electron chi connectivity index (χ4n) is 3.03. The molecule has 1 fully saturated rings. The molecule has 0 aliphatic carbocycles. The highest BCUT2D eigenvalue weighted by molar-refractivity contribution is 6.06. The number of para-hydroxylation sites is 1. The Hall–Kier alpha value is -1.39. The molecule has 108 valence electrons. The molecule has 1 aromatic rings. The maximum atomic E-state index is 12.9. The zero-order chi connectivity index (χ0) is 14.3. The molecule has 2 heterocycles. The van der Waals surface area contributed by atoms with Gasteiger partial charge in [0.2, 0.25) is 0 Å². The van der Waals surface area contributed by atoms with Crippen molar-refractivity contribution in [3.05, 3.63) is 29.3 Å².